The standard InChI is InChI=1S/C15H23N/c1-11(2)9-15(12(3)4)10-13-7-5-6-8-14(13)16-15/h5-8,11-12,16H,9-10H2,1-4H3. The highest BCUT2D eigenvalue weighted by atomic mass is 15.0. The number of anilines is 1. The van der Waals surface area contributed by atoms with Crippen LogP contribution >= 0.6 is 0 Å². The summed E-state index contributed by atoms with van der Waals surface area (Å²) in [4.78, 5) is 0. The van der Waals surface area contributed by atoms with Crippen molar-refractivity contribution in [3.63, 3.8) is 0 Å². The summed E-state index contributed by atoms with van der Waals surface area (Å²) in [6, 6.07) is 8.73. The van der Waals surface area contributed by atoms with E-state index < -0.39 is 0 Å². The molecule has 1 N–H and O–H groups in total. The van der Waals surface area contributed by atoms with E-state index in [1.165, 1.54) is 24.1 Å². The van der Waals surface area contributed by atoms with Gasteiger partial charge >= 0.3 is 0 Å². The molecule has 0 spiro atoms. The first kappa shape index (κ1) is 11.5. The van der Waals surface area contributed by atoms with Crippen LogP contribution in [-0.4, -0.2) is 5.54 Å². The maximum atomic E-state index is 3.78. The summed E-state index contributed by atoms with van der Waals surface area (Å²) in [5.41, 5.74) is 3.10. The van der Waals surface area contributed by atoms with Gasteiger partial charge in [0.1, 0.15) is 0 Å². The predicted octanol–water partition coefficient (Wildman–Crippen LogP) is 4.10. The summed E-state index contributed by atoms with van der Waals surface area (Å²) in [5.74, 6) is 1.41. The Bertz CT molecular complexity index is 340. The molecular weight excluding hydrogens is 194 g/mol. The lowest BCUT2D eigenvalue weighted by Gasteiger charge is -2.36. The molecule has 16 heavy (non-hydrogen) atoms. The van der Waals surface area contributed by atoms with Gasteiger partial charge in [-0.15, -0.1) is 0 Å². The Morgan fingerprint density at radius 1 is 1.19 bits per heavy atom. The lowest BCUT2D eigenvalue weighted by Crippen LogP contribution is -2.43. The first-order chi connectivity index (χ1) is 7.53. The topological polar surface area (TPSA) is 12.0 Å². The molecule has 1 aliphatic rings. The third-order valence-electron chi connectivity index (χ3n) is 3.78. The summed E-state index contributed by atoms with van der Waals surface area (Å²) >= 11 is 0. The minimum atomic E-state index is 0.276. The number of nitrogens with one attached hydrogen (secondary N) is 1. The summed E-state index contributed by atoms with van der Waals surface area (Å²) < 4.78 is 0. The lowest BCUT2D eigenvalue weighted by atomic mass is 9.78. The van der Waals surface area contributed by atoms with Gasteiger partial charge < -0.3 is 5.32 Å². The van der Waals surface area contributed by atoms with E-state index in [4.69, 9.17) is 0 Å². The minimum absolute atomic E-state index is 0.276. The van der Waals surface area contributed by atoms with Gasteiger partial charge in [0.15, 0.2) is 0 Å². The van der Waals surface area contributed by atoms with Crippen molar-refractivity contribution in [2.75, 3.05) is 5.32 Å². The molecule has 0 aliphatic carbocycles. The Morgan fingerprint density at radius 2 is 1.88 bits per heavy atom. The fourth-order valence-electron chi connectivity index (χ4n) is 2.88. The summed E-state index contributed by atoms with van der Waals surface area (Å²) in [6.45, 7) is 9.30. The number of rotatable bonds is 3. The quantitative estimate of drug-likeness (QED) is 0.804. The summed E-state index contributed by atoms with van der Waals surface area (Å²) in [7, 11) is 0. The zero-order chi connectivity index (χ0) is 11.8. The fraction of sp³-hybridized carbons (Fsp3) is 0.600. The highest BCUT2D eigenvalue weighted by molar-refractivity contribution is 5.59. The average Bonchev–Trinajstić information content (AvgIpc) is 2.55. The molecule has 0 bridgehead atoms. The molecule has 1 aromatic carbocycles. The van der Waals surface area contributed by atoms with E-state index in [2.05, 4.69) is 57.3 Å². The molecule has 1 heteroatoms. The molecule has 1 atom stereocenters. The van der Waals surface area contributed by atoms with Crippen LogP contribution in [0, 0.1) is 11.8 Å². The Balaban J connectivity index is 2.27. The van der Waals surface area contributed by atoms with Crippen molar-refractivity contribution < 1.29 is 0 Å². The van der Waals surface area contributed by atoms with Gasteiger partial charge in [-0.1, -0.05) is 45.9 Å². The van der Waals surface area contributed by atoms with Gasteiger partial charge in [-0.2, -0.15) is 0 Å². The Labute approximate surface area is 99.3 Å². The molecule has 1 unspecified atom stereocenters. The maximum Gasteiger partial charge on any atom is 0.0440 e. The molecule has 0 saturated carbocycles. The second kappa shape index (κ2) is 4.12. The van der Waals surface area contributed by atoms with Crippen molar-refractivity contribution in [3.8, 4) is 0 Å². The average molecular weight is 217 g/mol. The second-order valence-electron chi connectivity index (χ2n) is 5.87. The zero-order valence-corrected chi connectivity index (χ0v) is 10.9. The Morgan fingerprint density at radius 3 is 2.44 bits per heavy atom. The van der Waals surface area contributed by atoms with Gasteiger partial charge in [0, 0.05) is 11.2 Å². The molecule has 88 valence electrons. The van der Waals surface area contributed by atoms with E-state index in [0.29, 0.717) is 5.92 Å². The Hall–Kier alpha value is -0.980. The number of benzene rings is 1. The zero-order valence-electron chi connectivity index (χ0n) is 10.9. The smallest absolute Gasteiger partial charge is 0.0440 e. The van der Waals surface area contributed by atoms with Crippen LogP contribution in [0.2, 0.25) is 0 Å². The van der Waals surface area contributed by atoms with E-state index in [1.54, 1.807) is 0 Å². The highest BCUT2D eigenvalue weighted by Crippen LogP contribution is 2.40. The van der Waals surface area contributed by atoms with Gasteiger partial charge in [-0.3, -0.25) is 0 Å². The molecule has 0 fully saturated rings. The van der Waals surface area contributed by atoms with E-state index in [1.807, 2.05) is 0 Å². The van der Waals surface area contributed by atoms with Crippen LogP contribution in [0.4, 0.5) is 5.69 Å². The van der Waals surface area contributed by atoms with Crippen molar-refractivity contribution in [3.05, 3.63) is 29.8 Å². The monoisotopic (exact) mass is 217 g/mol. The molecule has 1 aromatic rings. The number of hydrogen-bond donors (Lipinski definition) is 1. The molecule has 1 nitrogen and oxygen atoms in total. The van der Waals surface area contributed by atoms with Gasteiger partial charge in [0.2, 0.25) is 0 Å². The highest BCUT2D eigenvalue weighted by Gasteiger charge is 2.39. The van der Waals surface area contributed by atoms with Crippen LogP contribution in [0.3, 0.4) is 0 Å². The number of hydrogen-bond acceptors (Lipinski definition) is 1. The van der Waals surface area contributed by atoms with Gasteiger partial charge in [0.25, 0.3) is 0 Å². The molecular formula is C15H23N. The van der Waals surface area contributed by atoms with Gasteiger partial charge in [-0.05, 0) is 36.3 Å². The first-order valence-corrected chi connectivity index (χ1v) is 6.39. The van der Waals surface area contributed by atoms with Gasteiger partial charge in [0.05, 0.1) is 0 Å². The molecule has 0 amide bonds. The van der Waals surface area contributed by atoms with Crippen LogP contribution < -0.4 is 5.32 Å². The third-order valence-corrected chi connectivity index (χ3v) is 3.78. The Kier molecular flexibility index (Phi) is 2.96. The number of para-hydroxylation sites is 1. The molecule has 0 aromatic heterocycles. The van der Waals surface area contributed by atoms with Crippen LogP contribution in [0.5, 0.6) is 0 Å². The molecule has 1 heterocycles. The van der Waals surface area contributed by atoms with E-state index in [0.717, 1.165) is 5.92 Å². The van der Waals surface area contributed by atoms with Gasteiger partial charge in [-0.25, -0.2) is 0 Å². The molecule has 0 saturated heterocycles. The third kappa shape index (κ3) is 1.95. The van der Waals surface area contributed by atoms with Crippen molar-refractivity contribution in [1.82, 2.24) is 0 Å². The van der Waals surface area contributed by atoms with E-state index in [9.17, 15) is 0 Å². The van der Waals surface area contributed by atoms with Crippen molar-refractivity contribution >= 4 is 5.69 Å². The van der Waals surface area contributed by atoms with Crippen LogP contribution in [0.1, 0.15) is 39.7 Å². The molecule has 1 aliphatic heterocycles. The largest absolute Gasteiger partial charge is 0.379 e. The first-order valence-electron chi connectivity index (χ1n) is 6.39. The lowest BCUT2D eigenvalue weighted by molar-refractivity contribution is 0.291. The SMILES string of the molecule is CC(C)CC1(C(C)C)Cc2ccccc2N1. The summed E-state index contributed by atoms with van der Waals surface area (Å²) in [5, 5.41) is 3.78. The minimum Gasteiger partial charge on any atom is -0.379 e. The van der Waals surface area contributed by atoms with Crippen LogP contribution in [-0.2, 0) is 6.42 Å². The van der Waals surface area contributed by atoms with E-state index >= 15 is 0 Å². The predicted molar refractivity (Wildman–Crippen MR) is 70.8 cm³/mol. The summed E-state index contributed by atoms with van der Waals surface area (Å²) in [6.07, 6.45) is 2.43. The van der Waals surface area contributed by atoms with Crippen LogP contribution in [0.25, 0.3) is 0 Å². The van der Waals surface area contributed by atoms with Crippen molar-refractivity contribution in [2.24, 2.45) is 11.8 Å². The maximum absolute atomic E-state index is 3.78. The van der Waals surface area contributed by atoms with Crippen molar-refractivity contribution in [2.45, 2.75) is 46.1 Å². The second-order valence-corrected chi connectivity index (χ2v) is 5.87. The normalized spacial score (nSPS) is 23.6. The van der Waals surface area contributed by atoms with Crippen molar-refractivity contribution in [1.29, 1.82) is 0 Å². The number of fused-ring (bicyclic) bond motifs is 1. The molecule has 0 radical (unpaired) electrons. The van der Waals surface area contributed by atoms with E-state index in [-0.39, 0.29) is 5.54 Å². The molecule has 2 rings (SSSR count). The fourth-order valence-corrected chi connectivity index (χ4v) is 2.88. The van der Waals surface area contributed by atoms with Crippen LogP contribution in [0.15, 0.2) is 24.3 Å².